The van der Waals surface area contributed by atoms with Crippen LogP contribution < -0.4 is 10.2 Å². The van der Waals surface area contributed by atoms with Crippen molar-refractivity contribution in [3.63, 3.8) is 0 Å². The van der Waals surface area contributed by atoms with Crippen LogP contribution in [0, 0.1) is 0 Å². The van der Waals surface area contributed by atoms with Crippen LogP contribution in [-0.4, -0.2) is 30.9 Å². The second kappa shape index (κ2) is 8.89. The Labute approximate surface area is 168 Å². The summed E-state index contributed by atoms with van der Waals surface area (Å²) in [6.07, 6.45) is 1.22. The van der Waals surface area contributed by atoms with E-state index in [1.807, 2.05) is 19.1 Å². The number of hydrogen-bond acceptors (Lipinski definition) is 4. The molecule has 1 N–H and O–H groups in total. The zero-order valence-corrected chi connectivity index (χ0v) is 16.2. The van der Waals surface area contributed by atoms with Crippen molar-refractivity contribution in [2.24, 2.45) is 0 Å². The van der Waals surface area contributed by atoms with Crippen molar-refractivity contribution in [2.75, 3.05) is 18.1 Å². The second-order valence-corrected chi connectivity index (χ2v) is 7.02. The molecule has 0 aromatic heterocycles. The molecule has 2 aromatic carbocycles. The van der Waals surface area contributed by atoms with Gasteiger partial charge in [0.05, 0.1) is 17.3 Å². The van der Waals surface area contributed by atoms with Crippen molar-refractivity contribution < 1.29 is 19.1 Å². The third-order valence-electron chi connectivity index (χ3n) is 4.57. The Kier molecular flexibility index (Phi) is 6.31. The molecule has 0 aliphatic carbocycles. The van der Waals surface area contributed by atoms with Crippen molar-refractivity contribution in [3.05, 3.63) is 64.7 Å². The molecule has 0 bridgehead atoms. The van der Waals surface area contributed by atoms with Gasteiger partial charge in [0.2, 0.25) is 5.91 Å². The van der Waals surface area contributed by atoms with E-state index in [1.165, 1.54) is 0 Å². The van der Waals surface area contributed by atoms with Crippen LogP contribution in [-0.2, 0) is 14.3 Å². The first kappa shape index (κ1) is 19.9. The number of carbonyl (C=O) groups is 3. The summed E-state index contributed by atoms with van der Waals surface area (Å²) in [6.45, 7) is 2.00. The summed E-state index contributed by atoms with van der Waals surface area (Å²) in [5.74, 6) is -1.06. The quantitative estimate of drug-likeness (QED) is 0.753. The van der Waals surface area contributed by atoms with Gasteiger partial charge in [0.15, 0.2) is 6.61 Å². The topological polar surface area (TPSA) is 75.7 Å². The van der Waals surface area contributed by atoms with Gasteiger partial charge in [-0.3, -0.25) is 9.59 Å². The van der Waals surface area contributed by atoms with Gasteiger partial charge in [-0.2, -0.15) is 0 Å². The summed E-state index contributed by atoms with van der Waals surface area (Å²) in [4.78, 5) is 38.2. The fraction of sp³-hybridized carbons (Fsp3) is 0.286. The molecule has 1 aliphatic heterocycles. The lowest BCUT2D eigenvalue weighted by Gasteiger charge is -2.19. The Morgan fingerprint density at radius 1 is 1.18 bits per heavy atom. The van der Waals surface area contributed by atoms with Crippen LogP contribution in [0.2, 0.25) is 5.02 Å². The normalized spacial score (nSPS) is 14.6. The largest absolute Gasteiger partial charge is 0.452 e. The number of hydrogen-bond donors (Lipinski definition) is 1. The highest BCUT2D eigenvalue weighted by atomic mass is 35.5. The summed E-state index contributed by atoms with van der Waals surface area (Å²) < 4.78 is 5.17. The highest BCUT2D eigenvalue weighted by molar-refractivity contribution is 6.30. The molecule has 1 fully saturated rings. The van der Waals surface area contributed by atoms with Crippen molar-refractivity contribution in [3.8, 4) is 0 Å². The van der Waals surface area contributed by atoms with Gasteiger partial charge in [0.25, 0.3) is 5.91 Å². The molecule has 7 heteroatoms. The number of benzene rings is 2. The van der Waals surface area contributed by atoms with Gasteiger partial charge in [0.1, 0.15) is 0 Å². The van der Waals surface area contributed by atoms with Gasteiger partial charge in [-0.25, -0.2) is 4.79 Å². The van der Waals surface area contributed by atoms with E-state index < -0.39 is 18.5 Å². The molecule has 0 spiro atoms. The van der Waals surface area contributed by atoms with Crippen LogP contribution in [0.4, 0.5) is 5.69 Å². The summed E-state index contributed by atoms with van der Waals surface area (Å²) in [5, 5.41) is 3.39. The van der Waals surface area contributed by atoms with Crippen LogP contribution in [0.15, 0.2) is 48.5 Å². The average Bonchev–Trinajstić information content (AvgIpc) is 3.12. The Bertz CT molecular complexity index is 882. The van der Waals surface area contributed by atoms with Gasteiger partial charge in [-0.15, -0.1) is 0 Å². The van der Waals surface area contributed by atoms with Gasteiger partial charge in [0, 0.05) is 18.0 Å². The van der Waals surface area contributed by atoms with E-state index in [-0.39, 0.29) is 17.5 Å². The van der Waals surface area contributed by atoms with Crippen molar-refractivity contribution >= 4 is 35.1 Å². The minimum absolute atomic E-state index is 0.0187. The molecule has 2 aromatic rings. The minimum Gasteiger partial charge on any atom is -0.452 e. The number of rotatable bonds is 6. The number of halogens is 1. The average molecular weight is 401 g/mol. The van der Waals surface area contributed by atoms with Crippen LogP contribution in [0.3, 0.4) is 0 Å². The molecule has 2 amide bonds. The number of carbonyl (C=O) groups excluding carboxylic acids is 3. The Hall–Kier alpha value is -2.86. The molecular formula is C21H21ClN2O4. The van der Waals surface area contributed by atoms with Crippen LogP contribution in [0.5, 0.6) is 0 Å². The maximum Gasteiger partial charge on any atom is 0.340 e. The zero-order chi connectivity index (χ0) is 20.1. The fourth-order valence-electron chi connectivity index (χ4n) is 3.11. The number of anilines is 1. The summed E-state index contributed by atoms with van der Waals surface area (Å²) >= 11 is 5.86. The minimum atomic E-state index is -0.635. The maximum absolute atomic E-state index is 12.5. The number of nitrogens with one attached hydrogen (secondary N) is 1. The first-order valence-electron chi connectivity index (χ1n) is 9.07. The van der Waals surface area contributed by atoms with E-state index in [1.54, 1.807) is 41.3 Å². The molecule has 0 saturated carbocycles. The Balaban J connectivity index is 1.59. The van der Waals surface area contributed by atoms with E-state index in [0.29, 0.717) is 23.7 Å². The Morgan fingerprint density at radius 3 is 2.57 bits per heavy atom. The van der Waals surface area contributed by atoms with E-state index >= 15 is 0 Å². The molecule has 0 unspecified atom stereocenters. The monoisotopic (exact) mass is 400 g/mol. The molecule has 0 radical (unpaired) electrons. The van der Waals surface area contributed by atoms with E-state index in [4.69, 9.17) is 16.3 Å². The lowest BCUT2D eigenvalue weighted by Crippen LogP contribution is -2.31. The van der Waals surface area contributed by atoms with Crippen LogP contribution >= 0.6 is 11.6 Å². The third kappa shape index (κ3) is 4.70. The van der Waals surface area contributed by atoms with Gasteiger partial charge in [-0.1, -0.05) is 35.9 Å². The van der Waals surface area contributed by atoms with Crippen LogP contribution in [0.25, 0.3) is 0 Å². The molecule has 1 saturated heterocycles. The number of ether oxygens (including phenoxy) is 1. The molecule has 28 heavy (non-hydrogen) atoms. The molecular weight excluding hydrogens is 380 g/mol. The SMILES string of the molecule is C[C@H](NC(=O)COC(=O)c1ccccc1N1CCCC1=O)c1ccc(Cl)cc1. The summed E-state index contributed by atoms with van der Waals surface area (Å²) in [5.41, 5.74) is 1.68. The van der Waals surface area contributed by atoms with Crippen molar-refractivity contribution in [1.29, 1.82) is 0 Å². The molecule has 1 heterocycles. The molecule has 1 atom stereocenters. The number of esters is 1. The fourth-order valence-corrected chi connectivity index (χ4v) is 3.24. The predicted octanol–water partition coefficient (Wildman–Crippen LogP) is 3.50. The van der Waals surface area contributed by atoms with Gasteiger partial charge < -0.3 is 15.0 Å². The van der Waals surface area contributed by atoms with Crippen molar-refractivity contribution in [2.45, 2.75) is 25.8 Å². The third-order valence-corrected chi connectivity index (χ3v) is 4.82. The molecule has 6 nitrogen and oxygen atoms in total. The molecule has 1 aliphatic rings. The van der Waals surface area contributed by atoms with Gasteiger partial charge in [-0.05, 0) is 43.2 Å². The number of nitrogens with zero attached hydrogens (tertiary/aromatic N) is 1. The standard InChI is InChI=1S/C21H21ClN2O4/c1-14(15-8-10-16(22)11-9-15)23-19(25)13-28-21(27)17-5-2-3-6-18(17)24-12-4-7-20(24)26/h2-3,5-6,8-11,14H,4,7,12-13H2,1H3,(H,23,25)/t14-/m0/s1. The summed E-state index contributed by atoms with van der Waals surface area (Å²) in [6, 6.07) is 13.6. The second-order valence-electron chi connectivity index (χ2n) is 6.58. The highest BCUT2D eigenvalue weighted by Gasteiger charge is 2.26. The zero-order valence-electron chi connectivity index (χ0n) is 15.5. The molecule has 146 valence electrons. The van der Waals surface area contributed by atoms with Gasteiger partial charge >= 0.3 is 5.97 Å². The Morgan fingerprint density at radius 2 is 1.89 bits per heavy atom. The van der Waals surface area contributed by atoms with Crippen molar-refractivity contribution in [1.82, 2.24) is 5.32 Å². The maximum atomic E-state index is 12.5. The first-order chi connectivity index (χ1) is 13.5. The number of para-hydroxylation sites is 1. The molecule has 3 rings (SSSR count). The number of amides is 2. The van der Waals surface area contributed by atoms with Crippen LogP contribution in [0.1, 0.15) is 41.7 Å². The smallest absolute Gasteiger partial charge is 0.340 e. The first-order valence-corrected chi connectivity index (χ1v) is 9.45. The van der Waals surface area contributed by atoms with E-state index in [0.717, 1.165) is 12.0 Å². The van der Waals surface area contributed by atoms with E-state index in [9.17, 15) is 14.4 Å². The highest BCUT2D eigenvalue weighted by Crippen LogP contribution is 2.26. The predicted molar refractivity (Wildman–Crippen MR) is 106 cm³/mol. The lowest BCUT2D eigenvalue weighted by molar-refractivity contribution is -0.125. The summed E-state index contributed by atoms with van der Waals surface area (Å²) in [7, 11) is 0. The van der Waals surface area contributed by atoms with E-state index in [2.05, 4.69) is 5.32 Å². The lowest BCUT2D eigenvalue weighted by atomic mass is 10.1.